The third kappa shape index (κ3) is 4.84. The number of amides is 1. The van der Waals surface area contributed by atoms with E-state index in [1.807, 2.05) is 0 Å². The van der Waals surface area contributed by atoms with E-state index in [4.69, 9.17) is 0 Å². The van der Waals surface area contributed by atoms with Crippen LogP contribution in [0.5, 0.6) is 0 Å². The molecule has 3 aromatic carbocycles. The Balaban J connectivity index is 1.80. The molecule has 186 valence electrons. The van der Waals surface area contributed by atoms with Gasteiger partial charge in [-0.1, -0.05) is 48.5 Å². The number of carbonyl (C=O) groups excluding carboxylic acids is 1. The second kappa shape index (κ2) is 9.18. The molecule has 1 aromatic heterocycles. The van der Waals surface area contributed by atoms with E-state index in [0.717, 1.165) is 4.57 Å². The van der Waals surface area contributed by atoms with Gasteiger partial charge in [0.25, 0.3) is 11.5 Å². The quantitative estimate of drug-likeness (QED) is 0.338. The maximum Gasteiger partial charge on any atom is 0.416 e. The highest BCUT2D eigenvalue weighted by atomic mass is 19.4. The lowest BCUT2D eigenvalue weighted by atomic mass is 9.96. The van der Waals surface area contributed by atoms with E-state index in [0.29, 0.717) is 34.0 Å². The number of alkyl halides is 6. The Morgan fingerprint density at radius 1 is 0.806 bits per heavy atom. The van der Waals surface area contributed by atoms with Gasteiger partial charge >= 0.3 is 12.4 Å². The Morgan fingerprint density at radius 3 is 1.89 bits per heavy atom. The van der Waals surface area contributed by atoms with Crippen LogP contribution in [0.25, 0.3) is 21.9 Å². The van der Waals surface area contributed by atoms with E-state index < -0.39 is 47.1 Å². The van der Waals surface area contributed by atoms with Crippen LogP contribution in [-0.2, 0) is 25.9 Å². The topological polar surface area (TPSA) is 51.1 Å². The molecule has 1 N–H and O–H groups in total. The highest BCUT2D eigenvalue weighted by Crippen LogP contribution is 2.36. The molecule has 1 amide bonds. The van der Waals surface area contributed by atoms with Crippen molar-refractivity contribution in [3.05, 3.63) is 106 Å². The number of hydrogen-bond acceptors (Lipinski definition) is 2. The van der Waals surface area contributed by atoms with Gasteiger partial charge in [0.15, 0.2) is 0 Å². The second-order valence-electron chi connectivity index (χ2n) is 8.10. The Labute approximate surface area is 200 Å². The molecule has 0 saturated heterocycles. The van der Waals surface area contributed by atoms with Crippen molar-refractivity contribution in [2.75, 3.05) is 0 Å². The zero-order valence-corrected chi connectivity index (χ0v) is 18.7. The molecule has 4 aromatic rings. The summed E-state index contributed by atoms with van der Waals surface area (Å²) in [7, 11) is 1.38. The highest BCUT2D eigenvalue weighted by molar-refractivity contribution is 6.08. The van der Waals surface area contributed by atoms with Crippen molar-refractivity contribution in [1.29, 1.82) is 0 Å². The number of halogens is 6. The van der Waals surface area contributed by atoms with Crippen LogP contribution in [0.1, 0.15) is 27.2 Å². The predicted molar refractivity (Wildman–Crippen MR) is 122 cm³/mol. The molecule has 4 rings (SSSR count). The van der Waals surface area contributed by atoms with Crippen LogP contribution in [0.3, 0.4) is 0 Å². The summed E-state index contributed by atoms with van der Waals surface area (Å²) in [4.78, 5) is 26.2. The van der Waals surface area contributed by atoms with E-state index in [-0.39, 0.29) is 11.8 Å². The largest absolute Gasteiger partial charge is 0.416 e. The molecule has 0 bridgehead atoms. The van der Waals surface area contributed by atoms with Crippen LogP contribution in [0.2, 0.25) is 0 Å². The summed E-state index contributed by atoms with van der Waals surface area (Å²) in [6.07, 6.45) is -10.0. The van der Waals surface area contributed by atoms with Crippen molar-refractivity contribution in [3.8, 4) is 11.1 Å². The Kier molecular flexibility index (Phi) is 6.38. The predicted octanol–water partition coefficient (Wildman–Crippen LogP) is 6.17. The number of carbonyl (C=O) groups is 1. The second-order valence-corrected chi connectivity index (χ2v) is 8.10. The molecular weight excluding hydrogens is 486 g/mol. The fourth-order valence-electron chi connectivity index (χ4n) is 4.02. The average molecular weight is 504 g/mol. The SMILES string of the molecule is Cn1c(C(=O)NCc2cc(C(F)(F)F)cc(C(F)(F)F)c2)c(-c2ccccc2)c2ccccc2c1=O. The molecule has 0 aliphatic heterocycles. The smallest absolute Gasteiger partial charge is 0.347 e. The van der Waals surface area contributed by atoms with Crippen molar-refractivity contribution in [1.82, 2.24) is 9.88 Å². The summed E-state index contributed by atoms with van der Waals surface area (Å²) in [5, 5.41) is 3.21. The normalized spacial score (nSPS) is 12.1. The van der Waals surface area contributed by atoms with Crippen LogP contribution in [-0.4, -0.2) is 10.5 Å². The van der Waals surface area contributed by atoms with Crippen molar-refractivity contribution < 1.29 is 31.1 Å². The summed E-state index contributed by atoms with van der Waals surface area (Å²) in [5.74, 6) is -0.829. The van der Waals surface area contributed by atoms with Crippen LogP contribution in [0, 0.1) is 0 Å². The van der Waals surface area contributed by atoms with Gasteiger partial charge in [-0.2, -0.15) is 26.3 Å². The molecule has 0 atom stereocenters. The Hall–Kier alpha value is -4.08. The maximum atomic E-state index is 13.3. The van der Waals surface area contributed by atoms with E-state index in [2.05, 4.69) is 5.32 Å². The Morgan fingerprint density at radius 2 is 1.33 bits per heavy atom. The van der Waals surface area contributed by atoms with E-state index in [1.54, 1.807) is 54.6 Å². The number of nitrogens with zero attached hydrogens (tertiary/aromatic N) is 1. The maximum absolute atomic E-state index is 13.3. The molecule has 0 aliphatic rings. The van der Waals surface area contributed by atoms with Crippen LogP contribution >= 0.6 is 0 Å². The van der Waals surface area contributed by atoms with Crippen molar-refractivity contribution >= 4 is 16.7 Å². The minimum Gasteiger partial charge on any atom is -0.347 e. The molecule has 4 nitrogen and oxygen atoms in total. The van der Waals surface area contributed by atoms with Gasteiger partial charge in [0.2, 0.25) is 0 Å². The molecule has 0 saturated carbocycles. The van der Waals surface area contributed by atoms with E-state index in [1.165, 1.54) is 7.05 Å². The van der Waals surface area contributed by atoms with Gasteiger partial charge in [0.1, 0.15) is 5.69 Å². The lowest BCUT2D eigenvalue weighted by molar-refractivity contribution is -0.143. The van der Waals surface area contributed by atoms with Gasteiger partial charge in [-0.3, -0.25) is 9.59 Å². The number of hydrogen-bond donors (Lipinski definition) is 1. The zero-order valence-electron chi connectivity index (χ0n) is 18.7. The van der Waals surface area contributed by atoms with Gasteiger partial charge in [-0.15, -0.1) is 0 Å². The minimum absolute atomic E-state index is 0.0197. The fraction of sp³-hybridized carbons (Fsp3) is 0.154. The van der Waals surface area contributed by atoms with E-state index >= 15 is 0 Å². The van der Waals surface area contributed by atoms with Crippen LogP contribution < -0.4 is 10.9 Å². The minimum atomic E-state index is -5.01. The first-order valence-electron chi connectivity index (χ1n) is 10.6. The van der Waals surface area contributed by atoms with Crippen LogP contribution in [0.4, 0.5) is 26.3 Å². The van der Waals surface area contributed by atoms with Gasteiger partial charge in [0, 0.05) is 24.5 Å². The monoisotopic (exact) mass is 504 g/mol. The molecular formula is C26H18F6N2O2. The summed E-state index contributed by atoms with van der Waals surface area (Å²) in [5.41, 5.74) is -2.90. The van der Waals surface area contributed by atoms with Gasteiger partial charge < -0.3 is 9.88 Å². The molecule has 0 aliphatic carbocycles. The summed E-state index contributed by atoms with van der Waals surface area (Å²) in [6, 6.07) is 16.4. The first-order valence-corrected chi connectivity index (χ1v) is 10.6. The molecule has 1 heterocycles. The zero-order chi connectivity index (χ0) is 26.3. The summed E-state index contributed by atoms with van der Waals surface area (Å²) >= 11 is 0. The van der Waals surface area contributed by atoms with Crippen molar-refractivity contribution in [2.24, 2.45) is 7.05 Å². The number of nitrogens with one attached hydrogen (secondary N) is 1. The van der Waals surface area contributed by atoms with Gasteiger partial charge in [-0.25, -0.2) is 0 Å². The standard InChI is InChI=1S/C26H18F6N2O2/c1-34-22(21(16-7-3-2-4-8-16)19-9-5-6-10-20(19)24(34)36)23(35)33-14-15-11-17(25(27,28)29)13-18(12-15)26(30,31)32/h2-13H,14H2,1H3,(H,33,35). The number of pyridine rings is 1. The highest BCUT2D eigenvalue weighted by Gasteiger charge is 2.37. The fourth-order valence-corrected chi connectivity index (χ4v) is 4.02. The Bertz CT molecular complexity index is 1470. The number of rotatable bonds is 4. The molecule has 0 unspecified atom stereocenters. The van der Waals surface area contributed by atoms with Gasteiger partial charge in [-0.05, 0) is 40.8 Å². The molecule has 0 fully saturated rings. The first kappa shape index (κ1) is 25.0. The van der Waals surface area contributed by atoms with Gasteiger partial charge in [0.05, 0.1) is 11.1 Å². The number of benzene rings is 3. The first-order chi connectivity index (χ1) is 16.9. The number of fused-ring (bicyclic) bond motifs is 1. The lowest BCUT2D eigenvalue weighted by Crippen LogP contribution is -2.32. The third-order valence-electron chi connectivity index (χ3n) is 5.68. The van der Waals surface area contributed by atoms with Crippen molar-refractivity contribution in [3.63, 3.8) is 0 Å². The molecule has 0 radical (unpaired) electrons. The number of aromatic nitrogens is 1. The average Bonchev–Trinajstić information content (AvgIpc) is 2.84. The van der Waals surface area contributed by atoms with E-state index in [9.17, 15) is 35.9 Å². The molecule has 0 spiro atoms. The molecule has 10 heteroatoms. The molecule has 36 heavy (non-hydrogen) atoms. The summed E-state index contributed by atoms with van der Waals surface area (Å²) in [6.45, 7) is -0.624. The summed E-state index contributed by atoms with van der Waals surface area (Å²) < 4.78 is 80.3. The lowest BCUT2D eigenvalue weighted by Gasteiger charge is -2.18. The van der Waals surface area contributed by atoms with Crippen LogP contribution in [0.15, 0.2) is 77.6 Å². The van der Waals surface area contributed by atoms with Crippen molar-refractivity contribution in [2.45, 2.75) is 18.9 Å². The third-order valence-corrected chi connectivity index (χ3v) is 5.68.